The van der Waals surface area contributed by atoms with Gasteiger partial charge in [-0.2, -0.15) is 0 Å². The molecule has 7 nitrogen and oxygen atoms in total. The molecule has 1 aromatic carbocycles. The van der Waals surface area contributed by atoms with Crippen LogP contribution in [0.4, 0.5) is 10.5 Å². The molecule has 2 atom stereocenters. The van der Waals surface area contributed by atoms with Crippen molar-refractivity contribution in [2.45, 2.75) is 25.5 Å². The number of para-hydroxylation sites is 2. The summed E-state index contributed by atoms with van der Waals surface area (Å²) < 4.78 is 10.9. The fourth-order valence-electron chi connectivity index (χ4n) is 2.39. The maximum Gasteiger partial charge on any atom is 0.319 e. The number of β-amino-alcohol motifs (C(OH)–C–C–N with tert-alkyl or cyclic N) is 1. The molecule has 2 unspecified atom stereocenters. The van der Waals surface area contributed by atoms with E-state index in [1.807, 2.05) is 19.1 Å². The topological polar surface area (TPSA) is 91.9 Å². The van der Waals surface area contributed by atoms with Gasteiger partial charge in [-0.25, -0.2) is 4.79 Å². The van der Waals surface area contributed by atoms with E-state index in [0.717, 1.165) is 6.54 Å². The average molecular weight is 323 g/mol. The second-order valence-corrected chi connectivity index (χ2v) is 5.31. The molecule has 4 N–H and O–H groups in total. The minimum absolute atomic E-state index is 0.248. The van der Waals surface area contributed by atoms with Crippen molar-refractivity contribution in [2.24, 2.45) is 0 Å². The first kappa shape index (κ1) is 17.5. The number of ether oxygens (including phenoxy) is 2. The van der Waals surface area contributed by atoms with Gasteiger partial charge in [0.1, 0.15) is 12.4 Å². The van der Waals surface area contributed by atoms with Crippen molar-refractivity contribution in [3.05, 3.63) is 24.3 Å². The summed E-state index contributed by atoms with van der Waals surface area (Å²) in [6.07, 6.45) is 0.119. The normalized spacial score (nSPS) is 20.8. The standard InChI is InChI=1S/C16H25N3O4/c1-2-22-9-10-23-15-6-4-3-5-13(15)19-16(21)18-12-7-8-17-11-14(12)20/h3-6,12,14,17,20H,2,7-11H2,1H3,(H2,18,19,21). The number of aliphatic hydroxyl groups is 1. The van der Waals surface area contributed by atoms with Crippen LogP contribution in [0.1, 0.15) is 13.3 Å². The molecule has 0 bridgehead atoms. The fraction of sp³-hybridized carbons (Fsp3) is 0.562. The molecule has 1 aromatic rings. The Morgan fingerprint density at radius 2 is 2.22 bits per heavy atom. The quantitative estimate of drug-likeness (QED) is 0.561. The van der Waals surface area contributed by atoms with E-state index in [-0.39, 0.29) is 12.1 Å². The highest BCUT2D eigenvalue weighted by molar-refractivity contribution is 5.91. The Bertz CT molecular complexity index is 498. The van der Waals surface area contributed by atoms with Crippen LogP contribution >= 0.6 is 0 Å². The Morgan fingerprint density at radius 3 is 3.00 bits per heavy atom. The number of amides is 2. The number of rotatable bonds is 7. The van der Waals surface area contributed by atoms with Crippen LogP contribution in [-0.4, -0.2) is 56.2 Å². The third-order valence-corrected chi connectivity index (χ3v) is 3.59. The second kappa shape index (κ2) is 9.34. The monoisotopic (exact) mass is 323 g/mol. The molecule has 23 heavy (non-hydrogen) atoms. The molecule has 0 saturated carbocycles. The van der Waals surface area contributed by atoms with Gasteiger partial charge in [0.15, 0.2) is 0 Å². The van der Waals surface area contributed by atoms with Crippen LogP contribution in [0.25, 0.3) is 0 Å². The van der Waals surface area contributed by atoms with Crippen molar-refractivity contribution >= 4 is 11.7 Å². The number of urea groups is 1. The third kappa shape index (κ3) is 5.70. The van der Waals surface area contributed by atoms with E-state index < -0.39 is 6.10 Å². The van der Waals surface area contributed by atoms with Crippen molar-refractivity contribution in [3.8, 4) is 5.75 Å². The smallest absolute Gasteiger partial charge is 0.319 e. The van der Waals surface area contributed by atoms with Gasteiger partial charge in [0.25, 0.3) is 0 Å². The number of aliphatic hydroxyl groups excluding tert-OH is 1. The number of anilines is 1. The summed E-state index contributed by atoms with van der Waals surface area (Å²) in [6.45, 7) is 4.75. The minimum Gasteiger partial charge on any atom is -0.489 e. The number of hydrogen-bond acceptors (Lipinski definition) is 5. The van der Waals surface area contributed by atoms with E-state index >= 15 is 0 Å². The molecule has 128 valence electrons. The van der Waals surface area contributed by atoms with Crippen molar-refractivity contribution < 1.29 is 19.4 Å². The van der Waals surface area contributed by atoms with E-state index in [2.05, 4.69) is 16.0 Å². The molecule has 2 amide bonds. The number of benzene rings is 1. The maximum absolute atomic E-state index is 12.1. The summed E-state index contributed by atoms with van der Waals surface area (Å²) in [5, 5.41) is 18.5. The zero-order valence-electron chi connectivity index (χ0n) is 13.4. The van der Waals surface area contributed by atoms with Gasteiger partial charge >= 0.3 is 6.03 Å². The van der Waals surface area contributed by atoms with Gasteiger partial charge in [0, 0.05) is 13.2 Å². The molecule has 7 heteroatoms. The SMILES string of the molecule is CCOCCOc1ccccc1NC(=O)NC1CCNCC1O. The van der Waals surface area contributed by atoms with E-state index in [0.29, 0.717) is 44.2 Å². The van der Waals surface area contributed by atoms with Gasteiger partial charge in [0.05, 0.1) is 24.4 Å². The predicted octanol–water partition coefficient (Wildman–Crippen LogP) is 0.946. The number of piperidine rings is 1. The molecule has 0 aromatic heterocycles. The summed E-state index contributed by atoms with van der Waals surface area (Å²) >= 11 is 0. The molecular formula is C16H25N3O4. The van der Waals surface area contributed by atoms with Crippen LogP contribution in [0.3, 0.4) is 0 Å². The first-order valence-corrected chi connectivity index (χ1v) is 7.96. The van der Waals surface area contributed by atoms with Gasteiger partial charge in [-0.05, 0) is 32.0 Å². The number of carbonyl (C=O) groups excluding carboxylic acids is 1. The summed E-state index contributed by atoms with van der Waals surface area (Å²) in [6, 6.07) is 6.63. The average Bonchev–Trinajstić information content (AvgIpc) is 2.55. The Hall–Kier alpha value is -1.83. The van der Waals surface area contributed by atoms with Crippen molar-refractivity contribution in [3.63, 3.8) is 0 Å². The van der Waals surface area contributed by atoms with E-state index in [1.54, 1.807) is 12.1 Å². The number of hydrogen-bond donors (Lipinski definition) is 4. The van der Waals surface area contributed by atoms with Crippen molar-refractivity contribution in [2.75, 3.05) is 38.2 Å². The lowest BCUT2D eigenvalue weighted by atomic mass is 10.0. The van der Waals surface area contributed by atoms with E-state index in [4.69, 9.17) is 9.47 Å². The lowest BCUT2D eigenvalue weighted by molar-refractivity contribution is 0.107. The van der Waals surface area contributed by atoms with Crippen LogP contribution < -0.4 is 20.7 Å². The summed E-state index contributed by atoms with van der Waals surface area (Å²) in [5.41, 5.74) is 0.588. The van der Waals surface area contributed by atoms with Crippen LogP contribution in [0.5, 0.6) is 5.75 Å². The van der Waals surface area contributed by atoms with Crippen molar-refractivity contribution in [1.29, 1.82) is 0 Å². The lowest BCUT2D eigenvalue weighted by Crippen LogP contribution is -2.53. The summed E-state index contributed by atoms with van der Waals surface area (Å²) in [4.78, 5) is 12.1. The lowest BCUT2D eigenvalue weighted by Gasteiger charge is -2.29. The molecule has 0 radical (unpaired) electrons. The Labute approximate surface area is 136 Å². The minimum atomic E-state index is -0.577. The molecule has 1 heterocycles. The van der Waals surface area contributed by atoms with Gasteiger partial charge < -0.3 is 30.5 Å². The first-order chi connectivity index (χ1) is 11.2. The molecule has 1 aliphatic heterocycles. The van der Waals surface area contributed by atoms with Crippen LogP contribution in [0.15, 0.2) is 24.3 Å². The van der Waals surface area contributed by atoms with E-state index in [9.17, 15) is 9.90 Å². The third-order valence-electron chi connectivity index (χ3n) is 3.59. The molecule has 2 rings (SSSR count). The zero-order chi connectivity index (χ0) is 16.5. The fourth-order valence-corrected chi connectivity index (χ4v) is 2.39. The molecule has 1 fully saturated rings. The Morgan fingerprint density at radius 1 is 1.39 bits per heavy atom. The number of carbonyl (C=O) groups is 1. The predicted molar refractivity (Wildman–Crippen MR) is 87.9 cm³/mol. The van der Waals surface area contributed by atoms with Crippen LogP contribution in [0, 0.1) is 0 Å². The highest BCUT2D eigenvalue weighted by atomic mass is 16.5. The Kier molecular flexibility index (Phi) is 7.12. The van der Waals surface area contributed by atoms with Crippen LogP contribution in [-0.2, 0) is 4.74 Å². The van der Waals surface area contributed by atoms with Crippen LogP contribution in [0.2, 0.25) is 0 Å². The first-order valence-electron chi connectivity index (χ1n) is 7.96. The molecule has 0 spiro atoms. The highest BCUT2D eigenvalue weighted by Crippen LogP contribution is 2.23. The van der Waals surface area contributed by atoms with Gasteiger partial charge in [0.2, 0.25) is 0 Å². The second-order valence-electron chi connectivity index (χ2n) is 5.31. The summed E-state index contributed by atoms with van der Waals surface area (Å²) in [5.74, 6) is 0.591. The van der Waals surface area contributed by atoms with E-state index in [1.165, 1.54) is 0 Å². The largest absolute Gasteiger partial charge is 0.489 e. The van der Waals surface area contributed by atoms with Gasteiger partial charge in [-0.3, -0.25) is 0 Å². The zero-order valence-corrected chi connectivity index (χ0v) is 13.4. The van der Waals surface area contributed by atoms with Crippen molar-refractivity contribution in [1.82, 2.24) is 10.6 Å². The van der Waals surface area contributed by atoms with Gasteiger partial charge in [-0.15, -0.1) is 0 Å². The summed E-state index contributed by atoms with van der Waals surface area (Å²) in [7, 11) is 0. The highest BCUT2D eigenvalue weighted by Gasteiger charge is 2.24. The van der Waals surface area contributed by atoms with Gasteiger partial charge in [-0.1, -0.05) is 12.1 Å². The molecule has 1 aliphatic rings. The molecular weight excluding hydrogens is 298 g/mol. The number of nitrogens with one attached hydrogen (secondary N) is 3. The maximum atomic E-state index is 12.1. The molecule has 1 saturated heterocycles. The Balaban J connectivity index is 1.87. The molecule has 0 aliphatic carbocycles.